The Morgan fingerprint density at radius 3 is 2.46 bits per heavy atom. The van der Waals surface area contributed by atoms with Gasteiger partial charge >= 0.3 is 0 Å². The van der Waals surface area contributed by atoms with Crippen LogP contribution >= 0.6 is 11.3 Å². The van der Waals surface area contributed by atoms with E-state index in [4.69, 9.17) is 5.73 Å². The topological polar surface area (TPSA) is 55.1 Å². The summed E-state index contributed by atoms with van der Waals surface area (Å²) in [4.78, 5) is 14.2. The maximum Gasteiger partial charge on any atom is 0.196 e. The first-order valence-electron chi connectivity index (χ1n) is 8.05. The first-order valence-corrected chi connectivity index (χ1v) is 8.86. The minimum absolute atomic E-state index is 0.0338. The molecule has 0 bridgehead atoms. The lowest BCUT2D eigenvalue weighted by Crippen LogP contribution is -2.23. The Bertz CT molecular complexity index is 882. The number of carbonyl (C=O) groups is 1. The summed E-state index contributed by atoms with van der Waals surface area (Å²) in [5, 5.41) is 3.97. The van der Waals surface area contributed by atoms with Crippen LogP contribution in [0.1, 0.15) is 26.4 Å². The lowest BCUT2D eigenvalue weighted by atomic mass is 9.95. The summed E-state index contributed by atoms with van der Waals surface area (Å²) < 4.78 is 0. The van der Waals surface area contributed by atoms with E-state index >= 15 is 0 Å². The van der Waals surface area contributed by atoms with Gasteiger partial charge in [-0.05, 0) is 29.7 Å². The molecular weight excluding hydrogens is 316 g/mol. The van der Waals surface area contributed by atoms with Gasteiger partial charge in [0.05, 0.1) is 10.6 Å². The van der Waals surface area contributed by atoms with E-state index in [0.717, 1.165) is 36.2 Å². The number of nitrogens with two attached hydrogens (primary N) is 1. The van der Waals surface area contributed by atoms with Crippen molar-refractivity contribution in [2.24, 2.45) is 0 Å². The summed E-state index contributed by atoms with van der Waals surface area (Å²) in [6.07, 6.45) is 0.867. The molecule has 0 aliphatic carbocycles. The van der Waals surface area contributed by atoms with Crippen LogP contribution in [0.4, 0.5) is 5.00 Å². The molecule has 2 heterocycles. The maximum absolute atomic E-state index is 13.0. The van der Waals surface area contributed by atoms with Crippen molar-refractivity contribution in [1.82, 2.24) is 5.32 Å². The minimum Gasteiger partial charge on any atom is -0.390 e. The van der Waals surface area contributed by atoms with Crippen molar-refractivity contribution >= 4 is 22.1 Å². The first-order chi connectivity index (χ1) is 11.7. The first kappa shape index (κ1) is 15.1. The molecule has 1 aliphatic heterocycles. The van der Waals surface area contributed by atoms with Gasteiger partial charge in [0.25, 0.3) is 0 Å². The summed E-state index contributed by atoms with van der Waals surface area (Å²) in [6, 6.07) is 18.0. The molecular formula is C20H18N2OS. The number of nitrogens with one attached hydrogen (secondary N) is 1. The molecule has 4 heteroatoms. The summed E-state index contributed by atoms with van der Waals surface area (Å²) in [5.41, 5.74) is 10.9. The molecule has 3 aromatic rings. The predicted octanol–water partition coefficient (Wildman–Crippen LogP) is 3.87. The molecule has 0 radical (unpaired) electrons. The van der Waals surface area contributed by atoms with Crippen molar-refractivity contribution in [3.63, 3.8) is 0 Å². The van der Waals surface area contributed by atoms with Crippen molar-refractivity contribution < 1.29 is 4.79 Å². The number of hydrogen-bond acceptors (Lipinski definition) is 4. The fourth-order valence-corrected chi connectivity index (χ4v) is 4.28. The molecule has 1 aromatic heterocycles. The molecule has 3 N–H and O–H groups in total. The monoisotopic (exact) mass is 334 g/mol. The second-order valence-electron chi connectivity index (χ2n) is 5.94. The summed E-state index contributed by atoms with van der Waals surface area (Å²) in [6.45, 7) is 1.71. The molecule has 1 aliphatic rings. The maximum atomic E-state index is 13.0. The second kappa shape index (κ2) is 6.23. The zero-order valence-corrected chi connectivity index (χ0v) is 14.0. The highest BCUT2D eigenvalue weighted by molar-refractivity contribution is 7.16. The number of nitrogen functional groups attached to an aromatic ring is 1. The summed E-state index contributed by atoms with van der Waals surface area (Å²) in [5.74, 6) is 0.0338. The predicted molar refractivity (Wildman–Crippen MR) is 99.5 cm³/mol. The van der Waals surface area contributed by atoms with Gasteiger partial charge in [-0.15, -0.1) is 11.3 Å². The average molecular weight is 334 g/mol. The normalized spacial score (nSPS) is 13.5. The Balaban J connectivity index is 1.67. The second-order valence-corrected chi connectivity index (χ2v) is 7.08. The van der Waals surface area contributed by atoms with E-state index in [-0.39, 0.29) is 5.78 Å². The molecule has 0 amide bonds. The molecule has 0 saturated carbocycles. The Morgan fingerprint density at radius 2 is 1.71 bits per heavy atom. The van der Waals surface area contributed by atoms with Crippen molar-refractivity contribution in [1.29, 1.82) is 0 Å². The number of hydrogen-bond donors (Lipinski definition) is 2. The molecule has 2 aromatic carbocycles. The van der Waals surface area contributed by atoms with Gasteiger partial charge in [-0.2, -0.15) is 0 Å². The highest BCUT2D eigenvalue weighted by Gasteiger charge is 2.24. The fraction of sp³-hybridized carbons (Fsp3) is 0.150. The van der Waals surface area contributed by atoms with E-state index < -0.39 is 0 Å². The number of anilines is 1. The van der Waals surface area contributed by atoms with Crippen LogP contribution in [0, 0.1) is 0 Å². The number of benzene rings is 2. The fourth-order valence-electron chi connectivity index (χ4n) is 3.19. The van der Waals surface area contributed by atoms with E-state index in [1.165, 1.54) is 16.2 Å². The highest BCUT2D eigenvalue weighted by atomic mass is 32.1. The van der Waals surface area contributed by atoms with Crippen LogP contribution in [0.3, 0.4) is 0 Å². The zero-order valence-electron chi connectivity index (χ0n) is 13.2. The van der Waals surface area contributed by atoms with Crippen molar-refractivity contribution in [3.05, 3.63) is 76.2 Å². The smallest absolute Gasteiger partial charge is 0.196 e. The highest BCUT2D eigenvalue weighted by Crippen LogP contribution is 2.34. The van der Waals surface area contributed by atoms with E-state index in [9.17, 15) is 4.79 Å². The number of ketones is 1. The number of carbonyl (C=O) groups excluding carboxylic acids is 1. The number of rotatable bonds is 3. The summed E-state index contributed by atoms with van der Waals surface area (Å²) >= 11 is 1.53. The van der Waals surface area contributed by atoms with E-state index in [1.54, 1.807) is 0 Å². The van der Waals surface area contributed by atoms with Crippen LogP contribution in [-0.2, 0) is 13.0 Å². The molecule has 0 saturated heterocycles. The van der Waals surface area contributed by atoms with Crippen LogP contribution in [0.15, 0.2) is 54.6 Å². The van der Waals surface area contributed by atoms with Gasteiger partial charge in [0.15, 0.2) is 5.78 Å². The van der Waals surface area contributed by atoms with Gasteiger partial charge in [-0.1, -0.05) is 54.6 Å². The van der Waals surface area contributed by atoms with Gasteiger partial charge in [0.2, 0.25) is 0 Å². The van der Waals surface area contributed by atoms with E-state index in [0.29, 0.717) is 16.1 Å². The Hall–Kier alpha value is -2.43. The van der Waals surface area contributed by atoms with Gasteiger partial charge in [0, 0.05) is 17.0 Å². The third-order valence-corrected chi connectivity index (χ3v) is 5.50. The lowest BCUT2D eigenvalue weighted by Gasteiger charge is -2.14. The lowest BCUT2D eigenvalue weighted by molar-refractivity contribution is 0.103. The molecule has 0 unspecified atom stereocenters. The van der Waals surface area contributed by atoms with Gasteiger partial charge in [-0.3, -0.25) is 4.79 Å². The van der Waals surface area contributed by atoms with Crippen molar-refractivity contribution in [3.8, 4) is 11.1 Å². The Kier molecular flexibility index (Phi) is 3.92. The largest absolute Gasteiger partial charge is 0.390 e. The minimum atomic E-state index is 0.0338. The third-order valence-electron chi connectivity index (χ3n) is 4.44. The molecule has 24 heavy (non-hydrogen) atoms. The van der Waals surface area contributed by atoms with Gasteiger partial charge in [-0.25, -0.2) is 0 Å². The zero-order chi connectivity index (χ0) is 16.5. The van der Waals surface area contributed by atoms with Crippen molar-refractivity contribution in [2.75, 3.05) is 12.3 Å². The molecule has 0 atom stereocenters. The summed E-state index contributed by atoms with van der Waals surface area (Å²) in [7, 11) is 0. The third kappa shape index (κ3) is 2.64. The molecule has 3 nitrogen and oxygen atoms in total. The standard InChI is InChI=1S/C20H18N2OS/c21-20-18(16-10-11-22-12-17(16)24-20)19(23)15-8-6-14(7-9-15)13-4-2-1-3-5-13/h1-9,22H,10-12,21H2. The van der Waals surface area contributed by atoms with E-state index in [1.807, 2.05) is 42.5 Å². The number of fused-ring (bicyclic) bond motifs is 1. The Labute approximate surface area is 145 Å². The molecule has 120 valence electrons. The molecule has 0 fully saturated rings. The molecule has 4 rings (SSSR count). The van der Waals surface area contributed by atoms with Crippen LogP contribution < -0.4 is 11.1 Å². The van der Waals surface area contributed by atoms with Crippen LogP contribution in [-0.4, -0.2) is 12.3 Å². The quantitative estimate of drug-likeness (QED) is 0.715. The van der Waals surface area contributed by atoms with Crippen LogP contribution in [0.25, 0.3) is 11.1 Å². The Morgan fingerprint density at radius 1 is 1.00 bits per heavy atom. The van der Waals surface area contributed by atoms with Gasteiger partial charge < -0.3 is 11.1 Å². The SMILES string of the molecule is Nc1sc2c(c1C(=O)c1ccc(-c3ccccc3)cc1)CCNC2. The molecule has 0 spiro atoms. The van der Waals surface area contributed by atoms with Crippen LogP contribution in [0.5, 0.6) is 0 Å². The van der Waals surface area contributed by atoms with Crippen LogP contribution in [0.2, 0.25) is 0 Å². The van der Waals surface area contributed by atoms with Gasteiger partial charge in [0.1, 0.15) is 0 Å². The van der Waals surface area contributed by atoms with E-state index in [2.05, 4.69) is 17.4 Å². The average Bonchev–Trinajstić information content (AvgIpc) is 2.98. The number of thiophene rings is 1. The van der Waals surface area contributed by atoms with Crippen molar-refractivity contribution in [2.45, 2.75) is 13.0 Å².